The second-order valence-electron chi connectivity index (χ2n) is 5.17. The van der Waals surface area contributed by atoms with Gasteiger partial charge >= 0.3 is 0 Å². The number of thioether (sulfide) groups is 1. The fraction of sp³-hybridized carbons (Fsp3) is 0.286. The molecular formula is C14H16N6O2S2. The van der Waals surface area contributed by atoms with Crippen LogP contribution in [0, 0.1) is 0 Å². The summed E-state index contributed by atoms with van der Waals surface area (Å²) in [6, 6.07) is 6.75. The summed E-state index contributed by atoms with van der Waals surface area (Å²) >= 11 is 1.56. The summed E-state index contributed by atoms with van der Waals surface area (Å²) in [5, 5.41) is 12.1. The third kappa shape index (κ3) is 3.65. The maximum Gasteiger partial charge on any atom is 0.209 e. The molecule has 0 saturated carbocycles. The van der Waals surface area contributed by atoms with E-state index in [1.54, 1.807) is 54.0 Å². The summed E-state index contributed by atoms with van der Waals surface area (Å²) < 4.78 is 26.7. The number of nitrogens with zero attached hydrogens (tertiary/aromatic N) is 6. The summed E-state index contributed by atoms with van der Waals surface area (Å²) in [5.74, 6) is 1.59. The van der Waals surface area contributed by atoms with E-state index >= 15 is 0 Å². The molecule has 0 atom stereocenters. The van der Waals surface area contributed by atoms with Crippen LogP contribution in [0.15, 0.2) is 46.7 Å². The maximum absolute atomic E-state index is 11.5. The van der Waals surface area contributed by atoms with Crippen LogP contribution in [-0.4, -0.2) is 50.2 Å². The van der Waals surface area contributed by atoms with E-state index in [9.17, 15) is 8.42 Å². The van der Waals surface area contributed by atoms with Crippen molar-refractivity contribution in [2.45, 2.75) is 16.6 Å². The Morgan fingerprint density at radius 2 is 1.96 bits per heavy atom. The average Bonchev–Trinajstić information content (AvgIpc) is 3.16. The summed E-state index contributed by atoms with van der Waals surface area (Å²) in [6.07, 6.45) is 4.82. The number of rotatable bonds is 6. The second-order valence-corrected chi connectivity index (χ2v) is 8.25. The predicted octanol–water partition coefficient (Wildman–Crippen LogP) is 1.27. The third-order valence-corrected chi connectivity index (χ3v) is 5.52. The Labute approximate surface area is 143 Å². The van der Waals surface area contributed by atoms with E-state index in [1.807, 2.05) is 10.8 Å². The highest BCUT2D eigenvalue weighted by molar-refractivity contribution is 7.99. The fourth-order valence-corrected chi connectivity index (χ4v) is 3.60. The van der Waals surface area contributed by atoms with Crippen molar-refractivity contribution in [3.8, 4) is 11.4 Å². The van der Waals surface area contributed by atoms with Crippen LogP contribution in [0.25, 0.3) is 11.4 Å². The van der Waals surface area contributed by atoms with Crippen LogP contribution < -0.4 is 0 Å². The van der Waals surface area contributed by atoms with Crippen molar-refractivity contribution >= 4 is 21.6 Å². The Morgan fingerprint density at radius 3 is 2.58 bits per heavy atom. The smallest absolute Gasteiger partial charge is 0.209 e. The number of sulfone groups is 1. The number of hydrogen-bond acceptors (Lipinski definition) is 7. The number of aryl methyl sites for hydroxylation is 2. The van der Waals surface area contributed by atoms with Crippen molar-refractivity contribution in [2.75, 3.05) is 12.0 Å². The molecule has 2 aromatic heterocycles. The summed E-state index contributed by atoms with van der Waals surface area (Å²) in [6.45, 7) is 0.737. The standard InChI is InChI=1S/C14H16N6O2S2/c1-19-14(16-17-18-19)23-10-9-20-8-7-15-13(20)11-3-5-12(6-4-11)24(2,21)22/h3-8H,9-10H2,1-2H3. The molecule has 3 aromatic rings. The Bertz CT molecular complexity index is 930. The number of aromatic nitrogens is 6. The molecule has 0 saturated heterocycles. The van der Waals surface area contributed by atoms with Crippen molar-refractivity contribution in [2.24, 2.45) is 7.05 Å². The highest BCUT2D eigenvalue weighted by Crippen LogP contribution is 2.21. The lowest BCUT2D eigenvalue weighted by Gasteiger charge is -2.08. The van der Waals surface area contributed by atoms with Crippen LogP contribution in [0.1, 0.15) is 0 Å². The zero-order chi connectivity index (χ0) is 17.2. The molecule has 0 aliphatic heterocycles. The fourth-order valence-electron chi connectivity index (χ4n) is 2.18. The van der Waals surface area contributed by atoms with E-state index in [-0.39, 0.29) is 0 Å². The average molecular weight is 364 g/mol. The normalized spacial score (nSPS) is 11.8. The quantitative estimate of drug-likeness (QED) is 0.608. The highest BCUT2D eigenvalue weighted by atomic mass is 32.2. The van der Waals surface area contributed by atoms with Crippen LogP contribution in [0.4, 0.5) is 0 Å². The first-order valence-electron chi connectivity index (χ1n) is 7.12. The number of benzene rings is 1. The van der Waals surface area contributed by atoms with Crippen LogP contribution >= 0.6 is 11.8 Å². The van der Waals surface area contributed by atoms with Gasteiger partial charge < -0.3 is 4.57 Å². The second kappa shape index (κ2) is 6.73. The van der Waals surface area contributed by atoms with Crippen molar-refractivity contribution in [1.82, 2.24) is 29.8 Å². The van der Waals surface area contributed by atoms with E-state index in [2.05, 4.69) is 20.5 Å². The van der Waals surface area contributed by atoms with Gasteiger partial charge in [-0.05, 0) is 34.7 Å². The summed E-state index contributed by atoms with van der Waals surface area (Å²) in [7, 11) is -1.39. The molecule has 0 amide bonds. The molecule has 1 aromatic carbocycles. The zero-order valence-electron chi connectivity index (χ0n) is 13.2. The van der Waals surface area contributed by atoms with E-state index in [0.717, 1.165) is 28.8 Å². The van der Waals surface area contributed by atoms with Gasteiger partial charge in [0.05, 0.1) is 4.90 Å². The largest absolute Gasteiger partial charge is 0.330 e. The van der Waals surface area contributed by atoms with E-state index < -0.39 is 9.84 Å². The van der Waals surface area contributed by atoms with Gasteiger partial charge in [-0.2, -0.15) is 0 Å². The van der Waals surface area contributed by atoms with Gasteiger partial charge in [-0.25, -0.2) is 18.1 Å². The van der Waals surface area contributed by atoms with Crippen molar-refractivity contribution in [3.05, 3.63) is 36.7 Å². The van der Waals surface area contributed by atoms with Gasteiger partial charge in [0, 0.05) is 43.6 Å². The Morgan fingerprint density at radius 1 is 1.21 bits per heavy atom. The van der Waals surface area contributed by atoms with Crippen molar-refractivity contribution < 1.29 is 8.42 Å². The van der Waals surface area contributed by atoms with E-state index in [1.165, 1.54) is 6.26 Å². The molecule has 24 heavy (non-hydrogen) atoms. The van der Waals surface area contributed by atoms with Gasteiger partial charge in [0.15, 0.2) is 9.84 Å². The van der Waals surface area contributed by atoms with Crippen LogP contribution in [0.2, 0.25) is 0 Å². The molecule has 0 aliphatic rings. The van der Waals surface area contributed by atoms with E-state index in [0.29, 0.717) is 4.90 Å². The van der Waals surface area contributed by atoms with Gasteiger partial charge in [-0.15, -0.1) is 5.10 Å². The Balaban J connectivity index is 1.72. The maximum atomic E-state index is 11.5. The minimum Gasteiger partial charge on any atom is -0.330 e. The first-order valence-corrected chi connectivity index (χ1v) is 9.99. The lowest BCUT2D eigenvalue weighted by molar-refractivity contribution is 0.602. The molecule has 8 nitrogen and oxygen atoms in total. The van der Waals surface area contributed by atoms with Crippen LogP contribution in [0.5, 0.6) is 0 Å². The molecule has 0 aliphatic carbocycles. The minimum absolute atomic E-state index is 0.301. The first kappa shape index (κ1) is 16.7. The molecule has 126 valence electrons. The lowest BCUT2D eigenvalue weighted by Crippen LogP contribution is -2.03. The van der Waals surface area contributed by atoms with Gasteiger partial charge in [-0.1, -0.05) is 11.8 Å². The van der Waals surface area contributed by atoms with Crippen molar-refractivity contribution in [1.29, 1.82) is 0 Å². The SMILES string of the molecule is Cn1nnnc1SCCn1ccnc1-c1ccc(S(C)(=O)=O)cc1. The molecular weight excluding hydrogens is 348 g/mol. The topological polar surface area (TPSA) is 95.6 Å². The van der Waals surface area contributed by atoms with Gasteiger partial charge in [-0.3, -0.25) is 0 Å². The highest BCUT2D eigenvalue weighted by Gasteiger charge is 2.10. The van der Waals surface area contributed by atoms with Gasteiger partial charge in [0.1, 0.15) is 5.82 Å². The van der Waals surface area contributed by atoms with Gasteiger partial charge in [0.25, 0.3) is 0 Å². The summed E-state index contributed by atoms with van der Waals surface area (Å²) in [5.41, 5.74) is 0.873. The molecule has 10 heteroatoms. The molecule has 0 radical (unpaired) electrons. The van der Waals surface area contributed by atoms with Gasteiger partial charge in [0.2, 0.25) is 5.16 Å². The molecule has 0 unspecified atom stereocenters. The summed E-state index contributed by atoms with van der Waals surface area (Å²) in [4.78, 5) is 4.67. The van der Waals surface area contributed by atoms with Crippen LogP contribution in [0.3, 0.4) is 0 Å². The monoisotopic (exact) mass is 364 g/mol. The zero-order valence-corrected chi connectivity index (χ0v) is 14.8. The predicted molar refractivity (Wildman–Crippen MR) is 90.3 cm³/mol. The molecule has 3 rings (SSSR count). The number of tetrazole rings is 1. The van der Waals surface area contributed by atoms with E-state index in [4.69, 9.17) is 0 Å². The molecule has 0 N–H and O–H groups in total. The molecule has 2 heterocycles. The number of imidazole rings is 1. The third-order valence-electron chi connectivity index (χ3n) is 3.40. The molecule has 0 bridgehead atoms. The molecule has 0 spiro atoms. The van der Waals surface area contributed by atoms with Crippen LogP contribution in [-0.2, 0) is 23.4 Å². The van der Waals surface area contributed by atoms with Crippen molar-refractivity contribution in [3.63, 3.8) is 0 Å². The Kier molecular flexibility index (Phi) is 4.67. The number of hydrogen-bond donors (Lipinski definition) is 0. The minimum atomic E-state index is -3.19. The first-order chi connectivity index (χ1) is 11.4. The molecule has 0 fully saturated rings. The Hall–Kier alpha value is -2.20. The lowest BCUT2D eigenvalue weighted by atomic mass is 10.2.